The summed E-state index contributed by atoms with van der Waals surface area (Å²) < 4.78 is 24.6. The number of nitrogens with zero attached hydrogens (tertiary/aromatic N) is 2. The molecule has 5 nitrogen and oxygen atoms in total. The van der Waals surface area contributed by atoms with Gasteiger partial charge in [0.1, 0.15) is 0 Å². The fourth-order valence-electron chi connectivity index (χ4n) is 2.02. The van der Waals surface area contributed by atoms with Crippen LogP contribution in [0.2, 0.25) is 0 Å². The first kappa shape index (κ1) is 13.5. The summed E-state index contributed by atoms with van der Waals surface area (Å²) in [4.78, 5) is 0. The Labute approximate surface area is 108 Å². The molecule has 2 heterocycles. The van der Waals surface area contributed by atoms with Crippen molar-refractivity contribution in [2.45, 2.75) is 45.3 Å². The highest BCUT2D eigenvalue weighted by atomic mass is 32.2. The van der Waals surface area contributed by atoms with Crippen LogP contribution in [0.1, 0.15) is 38.8 Å². The fourth-order valence-corrected chi connectivity index (χ4v) is 3.72. The van der Waals surface area contributed by atoms with Crippen molar-refractivity contribution in [1.82, 2.24) is 15.1 Å². The molecule has 1 saturated heterocycles. The summed E-state index contributed by atoms with van der Waals surface area (Å²) in [6.45, 7) is 7.09. The van der Waals surface area contributed by atoms with Crippen molar-refractivity contribution in [2.75, 3.05) is 11.5 Å². The van der Waals surface area contributed by atoms with Gasteiger partial charge in [0.15, 0.2) is 9.84 Å². The van der Waals surface area contributed by atoms with E-state index in [2.05, 4.69) is 31.2 Å². The molecule has 1 N–H and O–H groups in total. The summed E-state index contributed by atoms with van der Waals surface area (Å²) in [5.74, 6) is 0.508. The van der Waals surface area contributed by atoms with E-state index in [9.17, 15) is 8.42 Å². The van der Waals surface area contributed by atoms with E-state index in [0.717, 1.165) is 12.1 Å². The molecule has 2 rings (SSSR count). The molecule has 0 amide bonds. The Bertz CT molecular complexity index is 514. The Morgan fingerprint density at radius 2 is 2.22 bits per heavy atom. The molecule has 1 aliphatic rings. The fraction of sp³-hybridized carbons (Fsp3) is 0.750. The van der Waals surface area contributed by atoms with E-state index < -0.39 is 9.84 Å². The second-order valence-electron chi connectivity index (χ2n) is 5.99. The third-order valence-electron chi connectivity index (χ3n) is 3.06. The van der Waals surface area contributed by atoms with Crippen LogP contribution in [0.15, 0.2) is 12.4 Å². The average Bonchev–Trinajstić information content (AvgIpc) is 2.80. The zero-order valence-corrected chi connectivity index (χ0v) is 12.0. The van der Waals surface area contributed by atoms with Gasteiger partial charge in [0.05, 0.1) is 23.7 Å². The van der Waals surface area contributed by atoms with Crippen molar-refractivity contribution < 1.29 is 8.42 Å². The summed E-state index contributed by atoms with van der Waals surface area (Å²) in [5.41, 5.74) is 1.16. The third kappa shape index (κ3) is 3.55. The lowest BCUT2D eigenvalue weighted by atomic mass is 10.1. The van der Waals surface area contributed by atoms with E-state index in [1.165, 1.54) is 0 Å². The van der Waals surface area contributed by atoms with E-state index >= 15 is 0 Å². The predicted octanol–water partition coefficient (Wildman–Crippen LogP) is 1.13. The first-order valence-corrected chi connectivity index (χ1v) is 8.06. The van der Waals surface area contributed by atoms with Crippen molar-refractivity contribution in [3.05, 3.63) is 18.0 Å². The standard InChI is InChI=1S/C12H21N3O2S/c1-12(2,3)13-6-10-7-14-15(8-10)11-4-5-18(16,17)9-11/h7-8,11,13H,4-6,9H2,1-3H3. The maximum atomic E-state index is 11.4. The van der Waals surface area contributed by atoms with Crippen LogP contribution in [0.25, 0.3) is 0 Å². The molecule has 1 unspecified atom stereocenters. The largest absolute Gasteiger partial charge is 0.308 e. The van der Waals surface area contributed by atoms with E-state index in [1.807, 2.05) is 12.4 Å². The Kier molecular flexibility index (Phi) is 3.51. The molecular weight excluding hydrogens is 250 g/mol. The lowest BCUT2D eigenvalue weighted by Gasteiger charge is -2.19. The van der Waals surface area contributed by atoms with Gasteiger partial charge in [-0.1, -0.05) is 0 Å². The molecule has 0 aliphatic carbocycles. The van der Waals surface area contributed by atoms with Crippen LogP contribution < -0.4 is 5.32 Å². The molecular formula is C12H21N3O2S. The highest BCUT2D eigenvalue weighted by Crippen LogP contribution is 2.23. The average molecular weight is 271 g/mol. The first-order valence-electron chi connectivity index (χ1n) is 6.24. The van der Waals surface area contributed by atoms with Crippen LogP contribution in [0.5, 0.6) is 0 Å². The van der Waals surface area contributed by atoms with Gasteiger partial charge in [-0.05, 0) is 27.2 Å². The molecule has 1 fully saturated rings. The molecule has 6 heteroatoms. The lowest BCUT2D eigenvalue weighted by molar-refractivity contribution is 0.424. The van der Waals surface area contributed by atoms with Crippen LogP contribution in [-0.2, 0) is 16.4 Å². The Morgan fingerprint density at radius 1 is 1.50 bits per heavy atom. The highest BCUT2D eigenvalue weighted by Gasteiger charge is 2.29. The normalized spacial score (nSPS) is 23.4. The van der Waals surface area contributed by atoms with Crippen molar-refractivity contribution in [1.29, 1.82) is 0 Å². The summed E-state index contributed by atoms with van der Waals surface area (Å²) in [6.07, 6.45) is 4.43. The monoisotopic (exact) mass is 271 g/mol. The number of nitrogens with one attached hydrogen (secondary N) is 1. The van der Waals surface area contributed by atoms with E-state index in [0.29, 0.717) is 6.42 Å². The molecule has 18 heavy (non-hydrogen) atoms. The summed E-state index contributed by atoms with van der Waals surface area (Å²) in [5, 5.41) is 7.66. The van der Waals surface area contributed by atoms with Crippen molar-refractivity contribution in [3.63, 3.8) is 0 Å². The van der Waals surface area contributed by atoms with Gasteiger partial charge in [-0.2, -0.15) is 5.10 Å². The predicted molar refractivity (Wildman–Crippen MR) is 71.1 cm³/mol. The number of hydrogen-bond donors (Lipinski definition) is 1. The Hall–Kier alpha value is -0.880. The smallest absolute Gasteiger partial charge is 0.152 e. The first-order chi connectivity index (χ1) is 8.25. The molecule has 0 radical (unpaired) electrons. The quantitative estimate of drug-likeness (QED) is 0.895. The molecule has 0 aromatic carbocycles. The topological polar surface area (TPSA) is 64.0 Å². The van der Waals surface area contributed by atoms with Crippen LogP contribution in [0.3, 0.4) is 0 Å². The number of rotatable bonds is 3. The minimum absolute atomic E-state index is 0.0124. The van der Waals surface area contributed by atoms with Crippen LogP contribution in [-0.4, -0.2) is 35.2 Å². The van der Waals surface area contributed by atoms with Gasteiger partial charge in [0.2, 0.25) is 0 Å². The molecule has 0 spiro atoms. The molecule has 0 bridgehead atoms. The summed E-state index contributed by atoms with van der Waals surface area (Å²) in [6, 6.07) is 0.0124. The van der Waals surface area contributed by atoms with E-state index in [-0.39, 0.29) is 23.1 Å². The third-order valence-corrected chi connectivity index (χ3v) is 4.81. The molecule has 102 valence electrons. The van der Waals surface area contributed by atoms with Gasteiger partial charge in [0.25, 0.3) is 0 Å². The second kappa shape index (κ2) is 4.66. The van der Waals surface area contributed by atoms with Crippen LogP contribution in [0.4, 0.5) is 0 Å². The number of sulfone groups is 1. The Balaban J connectivity index is 1.99. The van der Waals surface area contributed by atoms with Crippen molar-refractivity contribution in [3.8, 4) is 0 Å². The van der Waals surface area contributed by atoms with Gasteiger partial charge in [0, 0.05) is 23.8 Å². The number of aromatic nitrogens is 2. The zero-order valence-electron chi connectivity index (χ0n) is 11.2. The molecule has 1 aromatic heterocycles. The molecule has 0 saturated carbocycles. The van der Waals surface area contributed by atoms with Crippen LogP contribution >= 0.6 is 0 Å². The van der Waals surface area contributed by atoms with Gasteiger partial charge in [-0.15, -0.1) is 0 Å². The van der Waals surface area contributed by atoms with Gasteiger partial charge < -0.3 is 5.32 Å². The highest BCUT2D eigenvalue weighted by molar-refractivity contribution is 7.91. The maximum absolute atomic E-state index is 11.4. The lowest BCUT2D eigenvalue weighted by Crippen LogP contribution is -2.34. The maximum Gasteiger partial charge on any atom is 0.152 e. The van der Waals surface area contributed by atoms with Gasteiger partial charge in [-0.25, -0.2) is 8.42 Å². The van der Waals surface area contributed by atoms with Crippen molar-refractivity contribution in [2.24, 2.45) is 0 Å². The minimum atomic E-state index is -2.85. The van der Waals surface area contributed by atoms with Gasteiger partial charge in [-0.3, -0.25) is 4.68 Å². The summed E-state index contributed by atoms with van der Waals surface area (Å²) in [7, 11) is -2.85. The molecule has 1 aliphatic heterocycles. The van der Waals surface area contributed by atoms with E-state index in [1.54, 1.807) is 4.68 Å². The SMILES string of the molecule is CC(C)(C)NCc1cnn(C2CCS(=O)(=O)C2)c1. The Morgan fingerprint density at radius 3 is 2.78 bits per heavy atom. The van der Waals surface area contributed by atoms with E-state index in [4.69, 9.17) is 0 Å². The van der Waals surface area contributed by atoms with Crippen LogP contribution in [0, 0.1) is 0 Å². The summed E-state index contributed by atoms with van der Waals surface area (Å²) >= 11 is 0. The number of hydrogen-bond acceptors (Lipinski definition) is 4. The molecule has 1 atom stereocenters. The molecule has 1 aromatic rings. The zero-order chi connectivity index (χ0) is 13.4. The minimum Gasteiger partial charge on any atom is -0.308 e. The second-order valence-corrected chi connectivity index (χ2v) is 8.22. The van der Waals surface area contributed by atoms with Crippen molar-refractivity contribution >= 4 is 9.84 Å². The van der Waals surface area contributed by atoms with Gasteiger partial charge >= 0.3 is 0 Å².